The first-order valence-electron chi connectivity index (χ1n) is 8.86. The fourth-order valence-electron chi connectivity index (χ4n) is 3.51. The average molecular weight is 342 g/mol. The number of aromatic nitrogens is 2. The lowest BCUT2D eigenvalue weighted by atomic mass is 10.1. The summed E-state index contributed by atoms with van der Waals surface area (Å²) in [4.78, 5) is 21.3. The normalized spacial score (nSPS) is 21.6. The zero-order valence-electron chi connectivity index (χ0n) is 14.4. The van der Waals surface area contributed by atoms with Gasteiger partial charge in [-0.15, -0.1) is 0 Å². The van der Waals surface area contributed by atoms with E-state index in [9.17, 15) is 4.79 Å². The first-order valence-corrected chi connectivity index (χ1v) is 8.86. The van der Waals surface area contributed by atoms with Gasteiger partial charge in [0, 0.05) is 19.6 Å². The minimum Gasteiger partial charge on any atom is -0.459 e. The molecule has 2 aromatic heterocycles. The zero-order chi connectivity index (χ0) is 17.2. The Morgan fingerprint density at radius 3 is 3.04 bits per heavy atom. The number of likely N-dealkylation sites (N-methyl/N-ethyl adjacent to an activating group) is 1. The lowest BCUT2D eigenvalue weighted by Crippen LogP contribution is -2.30. The SMILES string of the molecule is CCN1CC=C(c2noc([C@@H]3CCCN3C(=O)c3ccco3)n2)CC1. The van der Waals surface area contributed by atoms with Crippen LogP contribution in [0.15, 0.2) is 33.4 Å². The standard InChI is InChI=1S/C18H22N4O3/c1-2-21-10-7-13(8-11-21)16-19-17(25-20-16)14-5-3-9-22(14)18(23)15-6-4-12-24-15/h4,6-7,12,14H,2-3,5,8-11H2,1H3/t14-/m0/s1. The third-order valence-electron chi connectivity index (χ3n) is 5.00. The number of carbonyl (C=O) groups excluding carboxylic acids is 1. The highest BCUT2D eigenvalue weighted by Crippen LogP contribution is 2.33. The second-order valence-electron chi connectivity index (χ2n) is 6.46. The van der Waals surface area contributed by atoms with Crippen molar-refractivity contribution >= 4 is 11.5 Å². The fraction of sp³-hybridized carbons (Fsp3) is 0.500. The molecule has 0 aromatic carbocycles. The summed E-state index contributed by atoms with van der Waals surface area (Å²) < 4.78 is 10.8. The third kappa shape index (κ3) is 3.11. The third-order valence-corrected chi connectivity index (χ3v) is 5.00. The largest absolute Gasteiger partial charge is 0.459 e. The Labute approximate surface area is 146 Å². The van der Waals surface area contributed by atoms with Gasteiger partial charge in [-0.3, -0.25) is 9.69 Å². The van der Waals surface area contributed by atoms with E-state index in [1.54, 1.807) is 17.0 Å². The maximum Gasteiger partial charge on any atom is 0.290 e. The summed E-state index contributed by atoms with van der Waals surface area (Å²) in [6.45, 7) is 5.82. The molecule has 0 aliphatic carbocycles. The van der Waals surface area contributed by atoms with Crippen LogP contribution in [0.4, 0.5) is 0 Å². The van der Waals surface area contributed by atoms with E-state index in [1.165, 1.54) is 6.26 Å². The van der Waals surface area contributed by atoms with Crippen molar-refractivity contribution in [2.45, 2.75) is 32.2 Å². The van der Waals surface area contributed by atoms with Crippen LogP contribution in [0, 0.1) is 0 Å². The van der Waals surface area contributed by atoms with Gasteiger partial charge in [-0.2, -0.15) is 4.98 Å². The van der Waals surface area contributed by atoms with Crippen LogP contribution in [0.3, 0.4) is 0 Å². The van der Waals surface area contributed by atoms with Crippen molar-refractivity contribution in [1.82, 2.24) is 19.9 Å². The summed E-state index contributed by atoms with van der Waals surface area (Å²) in [5.41, 5.74) is 1.13. The molecule has 1 amide bonds. The predicted octanol–water partition coefficient (Wildman–Crippen LogP) is 2.75. The molecule has 0 spiro atoms. The Balaban J connectivity index is 1.51. The van der Waals surface area contributed by atoms with Gasteiger partial charge in [-0.25, -0.2) is 0 Å². The molecule has 25 heavy (non-hydrogen) atoms. The first-order chi connectivity index (χ1) is 12.3. The molecule has 4 heterocycles. The van der Waals surface area contributed by atoms with Crippen LogP contribution in [0.2, 0.25) is 0 Å². The maximum absolute atomic E-state index is 12.6. The topological polar surface area (TPSA) is 75.6 Å². The van der Waals surface area contributed by atoms with Gasteiger partial charge in [-0.1, -0.05) is 18.2 Å². The van der Waals surface area contributed by atoms with E-state index in [4.69, 9.17) is 8.94 Å². The van der Waals surface area contributed by atoms with Crippen LogP contribution in [0.1, 0.15) is 54.5 Å². The molecule has 4 rings (SSSR count). The van der Waals surface area contributed by atoms with Gasteiger partial charge in [0.15, 0.2) is 11.6 Å². The minimum atomic E-state index is -0.171. The molecular weight excluding hydrogens is 320 g/mol. The van der Waals surface area contributed by atoms with E-state index in [1.807, 2.05) is 0 Å². The molecule has 2 aliphatic heterocycles. The van der Waals surface area contributed by atoms with E-state index in [2.05, 4.69) is 28.0 Å². The highest BCUT2D eigenvalue weighted by Gasteiger charge is 2.35. The molecule has 0 saturated carbocycles. The van der Waals surface area contributed by atoms with Crippen LogP contribution < -0.4 is 0 Å². The van der Waals surface area contributed by atoms with Crippen LogP contribution in [0.5, 0.6) is 0 Å². The van der Waals surface area contributed by atoms with Gasteiger partial charge in [-0.05, 0) is 43.5 Å². The number of rotatable bonds is 4. The second-order valence-corrected chi connectivity index (χ2v) is 6.46. The number of nitrogens with zero attached hydrogens (tertiary/aromatic N) is 4. The Hall–Kier alpha value is -2.41. The van der Waals surface area contributed by atoms with Crippen LogP contribution in [0.25, 0.3) is 5.57 Å². The van der Waals surface area contributed by atoms with Gasteiger partial charge in [0.05, 0.1) is 6.26 Å². The molecule has 7 nitrogen and oxygen atoms in total. The van der Waals surface area contributed by atoms with Gasteiger partial charge >= 0.3 is 0 Å². The highest BCUT2D eigenvalue weighted by molar-refractivity contribution is 5.91. The lowest BCUT2D eigenvalue weighted by molar-refractivity contribution is 0.0678. The first kappa shape index (κ1) is 16.1. The van der Waals surface area contributed by atoms with E-state index >= 15 is 0 Å². The van der Waals surface area contributed by atoms with Crippen LogP contribution >= 0.6 is 0 Å². The summed E-state index contributed by atoms with van der Waals surface area (Å²) in [6, 6.07) is 3.23. The number of carbonyl (C=O) groups is 1. The van der Waals surface area contributed by atoms with Gasteiger partial charge in [0.2, 0.25) is 5.89 Å². The number of hydrogen-bond acceptors (Lipinski definition) is 6. The lowest BCUT2D eigenvalue weighted by Gasteiger charge is -2.23. The predicted molar refractivity (Wildman–Crippen MR) is 90.7 cm³/mol. The summed E-state index contributed by atoms with van der Waals surface area (Å²) in [5, 5.41) is 4.16. The zero-order valence-corrected chi connectivity index (χ0v) is 14.4. The Morgan fingerprint density at radius 2 is 2.32 bits per heavy atom. The molecule has 0 N–H and O–H groups in total. The minimum absolute atomic E-state index is 0.122. The van der Waals surface area contributed by atoms with E-state index < -0.39 is 0 Å². The number of amides is 1. The molecule has 0 radical (unpaired) electrons. The Kier molecular flexibility index (Phi) is 4.40. The van der Waals surface area contributed by atoms with Crippen molar-refractivity contribution < 1.29 is 13.7 Å². The quantitative estimate of drug-likeness (QED) is 0.850. The average Bonchev–Trinajstić information content (AvgIpc) is 3.42. The van der Waals surface area contributed by atoms with E-state index in [0.29, 0.717) is 24.0 Å². The van der Waals surface area contributed by atoms with Crippen molar-refractivity contribution in [2.75, 3.05) is 26.2 Å². The van der Waals surface area contributed by atoms with Gasteiger partial charge in [0.25, 0.3) is 5.91 Å². The van der Waals surface area contributed by atoms with Crippen molar-refractivity contribution in [1.29, 1.82) is 0 Å². The van der Waals surface area contributed by atoms with Crippen molar-refractivity contribution in [3.8, 4) is 0 Å². The molecule has 0 unspecified atom stereocenters. The molecule has 1 atom stereocenters. The summed E-state index contributed by atoms with van der Waals surface area (Å²) in [6.07, 6.45) is 6.35. The van der Waals surface area contributed by atoms with Crippen LogP contribution in [-0.2, 0) is 0 Å². The molecule has 0 bridgehead atoms. The Bertz CT molecular complexity index is 765. The van der Waals surface area contributed by atoms with E-state index in [-0.39, 0.29) is 11.9 Å². The summed E-state index contributed by atoms with van der Waals surface area (Å²) >= 11 is 0. The Morgan fingerprint density at radius 1 is 1.40 bits per heavy atom. The monoisotopic (exact) mass is 342 g/mol. The van der Waals surface area contributed by atoms with Crippen molar-refractivity contribution in [2.24, 2.45) is 0 Å². The smallest absolute Gasteiger partial charge is 0.290 e. The number of hydrogen-bond donors (Lipinski definition) is 0. The molecule has 1 fully saturated rings. The van der Waals surface area contributed by atoms with Gasteiger partial charge < -0.3 is 13.8 Å². The van der Waals surface area contributed by atoms with Crippen LogP contribution in [-0.4, -0.2) is 52.0 Å². The molecule has 2 aliphatic rings. The second kappa shape index (κ2) is 6.84. The molecule has 2 aromatic rings. The molecular formula is C18H22N4O3. The number of furan rings is 1. The maximum atomic E-state index is 12.6. The summed E-state index contributed by atoms with van der Waals surface area (Å²) in [7, 11) is 0. The van der Waals surface area contributed by atoms with Gasteiger partial charge in [0.1, 0.15) is 6.04 Å². The fourth-order valence-corrected chi connectivity index (χ4v) is 3.51. The van der Waals surface area contributed by atoms with Crippen molar-refractivity contribution in [3.63, 3.8) is 0 Å². The van der Waals surface area contributed by atoms with E-state index in [0.717, 1.165) is 44.5 Å². The molecule has 7 heteroatoms. The molecule has 1 saturated heterocycles. The summed E-state index contributed by atoms with van der Waals surface area (Å²) in [5.74, 6) is 1.40. The number of likely N-dealkylation sites (tertiary alicyclic amines) is 1. The van der Waals surface area contributed by atoms with Crippen molar-refractivity contribution in [3.05, 3.63) is 41.9 Å². The highest BCUT2D eigenvalue weighted by atomic mass is 16.5. The molecule has 132 valence electrons.